The lowest BCUT2D eigenvalue weighted by molar-refractivity contribution is -0.0749. The summed E-state index contributed by atoms with van der Waals surface area (Å²) in [5.41, 5.74) is 31.8. The number of aromatic amines is 1. The summed E-state index contributed by atoms with van der Waals surface area (Å²) >= 11 is 2.06. The molecule has 24 N–H and O–H groups in total. The molecule has 0 amide bonds. The molecule has 1 aromatic heterocycles. The number of aryl methyl sites for hydroxylation is 1. The first kappa shape index (κ1) is 110. The molecular weight excluding hydrogens is 1910 g/mol. The molecule has 12 aliphatic heterocycles. The fourth-order valence-electron chi connectivity index (χ4n) is 15.1. The van der Waals surface area contributed by atoms with Gasteiger partial charge in [0, 0.05) is 58.8 Å². The smallest absolute Gasteiger partial charge is 0.197 e. The summed E-state index contributed by atoms with van der Waals surface area (Å²) < 4.78 is 35.9. The van der Waals surface area contributed by atoms with Crippen LogP contribution in [-0.2, 0) is 28.4 Å². The third kappa shape index (κ3) is 30.7. The van der Waals surface area contributed by atoms with E-state index in [1.54, 1.807) is 44.3 Å². The molecule has 44 heteroatoms. The van der Waals surface area contributed by atoms with Gasteiger partial charge < -0.3 is 148 Å². The van der Waals surface area contributed by atoms with Crippen molar-refractivity contribution in [3.05, 3.63) is 142 Å². The van der Waals surface area contributed by atoms with Gasteiger partial charge in [-0.15, -0.1) is 79.1 Å². The molecule has 24 unspecified atom stereocenters. The summed E-state index contributed by atoms with van der Waals surface area (Å²) in [5.74, 6) is 3.54. The molecule has 24 atom stereocenters. The monoisotopic (exact) mass is 2060 g/mol. The highest BCUT2D eigenvalue weighted by Gasteiger charge is 2.52. The van der Waals surface area contributed by atoms with Crippen LogP contribution in [0.3, 0.4) is 0 Å². The van der Waals surface area contributed by atoms with Crippen molar-refractivity contribution in [1.82, 2.24) is 34.9 Å². The molecule has 6 fully saturated rings. The van der Waals surface area contributed by atoms with Gasteiger partial charge in [0.15, 0.2) is 37.1 Å². The number of aliphatic imine (C=N–C) groups is 5. The van der Waals surface area contributed by atoms with Gasteiger partial charge in [-0.05, 0) is 204 Å². The number of guanidine groups is 1. The molecule has 12 aliphatic rings. The number of nitrogens with one attached hydrogen (secondary N) is 2. The van der Waals surface area contributed by atoms with E-state index >= 15 is 0 Å². The fourth-order valence-corrected chi connectivity index (χ4v) is 21.3. The number of nitrogens with two attached hydrogens (primary N) is 5. The highest BCUT2D eigenvalue weighted by molar-refractivity contribution is 14.1. The van der Waals surface area contributed by atoms with Crippen molar-refractivity contribution in [2.75, 3.05) is 117 Å². The number of fused-ring (bicyclic) bond motifs is 1. The zero-order valence-electron chi connectivity index (χ0n) is 78.1. The van der Waals surface area contributed by atoms with Crippen LogP contribution in [0, 0.1) is 6.92 Å². The number of hydrogen-bond donors (Lipinski definition) is 19. The summed E-state index contributed by atoms with van der Waals surface area (Å²) in [6, 6.07) is 1.98. The Hall–Kier alpha value is -6.02. The largest absolute Gasteiger partial charge is 0.388 e. The van der Waals surface area contributed by atoms with Crippen LogP contribution in [0.5, 0.6) is 0 Å². The van der Waals surface area contributed by atoms with Crippen LogP contribution in [0.1, 0.15) is 51.1 Å². The second-order valence-electron chi connectivity index (χ2n) is 38.7. The van der Waals surface area contributed by atoms with Gasteiger partial charge in [-0.3, -0.25) is 0 Å². The number of aliphatic hydroxyl groups excluding tert-OH is 12. The van der Waals surface area contributed by atoms with Crippen molar-refractivity contribution >= 4 is 143 Å². The first-order valence-corrected chi connectivity index (χ1v) is 62.2. The first-order chi connectivity index (χ1) is 60.4. The van der Waals surface area contributed by atoms with Gasteiger partial charge >= 0.3 is 0 Å². The summed E-state index contributed by atoms with van der Waals surface area (Å²) in [4.78, 5) is 34.4. The maximum absolute atomic E-state index is 10.4. The van der Waals surface area contributed by atoms with Crippen LogP contribution in [0.4, 0.5) is 0 Å². The number of aromatic nitrogens is 1. The average Bonchev–Trinajstić information content (AvgIpc) is 1.72. The Kier molecular flexibility index (Phi) is 38.3. The van der Waals surface area contributed by atoms with Crippen LogP contribution in [0.25, 0.3) is 6.20 Å². The van der Waals surface area contributed by atoms with E-state index in [1.807, 2.05) is 26.1 Å². The zero-order chi connectivity index (χ0) is 98.3. The van der Waals surface area contributed by atoms with E-state index in [9.17, 15) is 61.3 Å². The Bertz CT molecular complexity index is 4940. The molecule has 6 saturated heterocycles. The van der Waals surface area contributed by atoms with Gasteiger partial charge in [-0.25, -0.2) is 35.0 Å². The standard InChI is InChI=1S/C17H26N3O3P.C15H26N3O3P.C14H23IN3O3P.2C14H24N3O3P.C13H23N4O3P/c1-10-8-12-9-20(11(2)19-16(12)18-10)17-15(22)14(21)13(23-17)6-7-24(3,4)5;1-9-8-18(10(2)17-14(9)16)15-13(20)12(19)11(21-15)6-7-22(3,4)5;1-8-17-13(16)9(15)7-18(8)14-12(20)11(19)10(21-14)5-6-22(2,3)4;1-9-16-11(15)5-7-17(9)14-13(19)12(18)10(20-14)6-8-21(2,3)4;1-8-9(7-16-14(15)17-8)13-12(19)11(18)10(20-13)5-6-21(2,3)4;1-8-16-10(14)7-15-17(8)13-12(19)11(18)9(20-13)5-6-21(2,3)4/h8-9,13-15,17,21-22H,2-3,6-7H2,1,4-5H3,(H,18,19);8,11-13,15,19-20H,2-3,6-7H2,1,4-5H3,(H2,16,17);7,10-12,14,19-20H,1-2,5-6H2,3-4H3,(H2,16,17);5,7,10,12-14,18-19H,1-2,6,8H2,3-4H3,(H2,15,16);7,10-13,18-19H,1-2,5-6H2,3-4H3,(H3,15,16,17);7,9,11-13,18-19H,1-2,5-6H2,3-4H3,(H2,14,16). The minimum absolute atomic E-state index is 0.240. The molecule has 131 heavy (non-hydrogen) atoms. The van der Waals surface area contributed by atoms with Crippen LogP contribution < -0.4 is 44.7 Å². The van der Waals surface area contributed by atoms with E-state index in [2.05, 4.69) is 225 Å². The maximum Gasteiger partial charge on any atom is 0.197 e. The SMILES string of the molecule is C=C1N=C(N)C(C)=CN1C1OC(CCP(=C)(C)C)C(O)C1O.C=C1N=C(N)C(I)=CN1C1OC(CCP(=C)(C)C)C(O)C1O.C=C1N=C(N)C=CN1C1OC(CCP(=C)(C)C)C(O)C1O.C=C1N=C(N)C=NN1C1OC(CCP(=C)(C)C)C(O)C1O.C=C1N=c2[nH]c(C)cc2=CN1C1OC(CCP(=C)(C)C)C(O)C1O.C=C1NC(N)=NC=C1C1OC(CCP(=C)(C)C)C(O)C1O. The predicted octanol–water partition coefficient (Wildman–Crippen LogP) is 1.29. The number of aliphatic hydroxyl groups is 12. The van der Waals surface area contributed by atoms with E-state index < -0.39 is 188 Å². The lowest BCUT2D eigenvalue weighted by Gasteiger charge is -2.31. The van der Waals surface area contributed by atoms with Gasteiger partial charge in [-0.2, -0.15) is 5.10 Å². The minimum Gasteiger partial charge on any atom is -0.388 e. The maximum atomic E-state index is 10.4. The summed E-state index contributed by atoms with van der Waals surface area (Å²) in [6.07, 6.45) is 27.4. The number of halogens is 1. The fraction of sp³-hybridized carbons (Fsp3) is 0.575. The second kappa shape index (κ2) is 45.5. The molecule has 0 spiro atoms. The van der Waals surface area contributed by atoms with E-state index in [4.69, 9.17) is 57.1 Å². The molecule has 0 aromatic carbocycles. The van der Waals surface area contributed by atoms with Crippen molar-refractivity contribution in [2.45, 2.75) is 199 Å². The van der Waals surface area contributed by atoms with E-state index in [-0.39, 0.29) is 17.6 Å². The number of nitrogens with zero attached hydrogens (tertiary/aromatic N) is 12. The Balaban J connectivity index is 0.000000194. The molecule has 37 nitrogen and oxygen atoms in total. The molecule has 13 rings (SSSR count). The van der Waals surface area contributed by atoms with E-state index in [1.165, 1.54) is 17.4 Å². The number of amidine groups is 4. The van der Waals surface area contributed by atoms with Crippen LogP contribution in [0.2, 0.25) is 0 Å². The molecule has 734 valence electrons. The molecule has 13 heterocycles. The highest BCUT2D eigenvalue weighted by atomic mass is 127. The average molecular weight is 2060 g/mol. The van der Waals surface area contributed by atoms with Gasteiger partial charge in [0.1, 0.15) is 137 Å². The topological polar surface area (TPSA) is 559 Å². The van der Waals surface area contributed by atoms with Gasteiger partial charge in [0.25, 0.3) is 0 Å². The van der Waals surface area contributed by atoms with E-state index in [0.717, 1.165) is 62.5 Å². The number of hydrazone groups is 1. The Morgan fingerprint density at radius 1 is 0.405 bits per heavy atom. The summed E-state index contributed by atoms with van der Waals surface area (Å²) in [6.45, 7) is 45.2. The number of H-pyrrole nitrogens is 1. The molecule has 0 bridgehead atoms. The Labute approximate surface area is 785 Å². The predicted molar refractivity (Wildman–Crippen MR) is 554 cm³/mol. The van der Waals surface area contributed by atoms with Gasteiger partial charge in [0.2, 0.25) is 0 Å². The molecule has 0 radical (unpaired) electrons. The molecule has 0 saturated carbocycles. The van der Waals surface area contributed by atoms with Crippen LogP contribution in [0.15, 0.2) is 161 Å². The molecule has 0 aliphatic carbocycles. The van der Waals surface area contributed by atoms with Crippen molar-refractivity contribution in [1.29, 1.82) is 0 Å². The normalized spacial score (nSPS) is 32.6. The Morgan fingerprint density at radius 3 is 1.13 bits per heavy atom. The van der Waals surface area contributed by atoms with Crippen molar-refractivity contribution < 1.29 is 89.7 Å². The van der Waals surface area contributed by atoms with E-state index in [0.29, 0.717) is 90.6 Å². The number of ether oxygens (including phenoxy) is 6. The van der Waals surface area contributed by atoms with Crippen LogP contribution >= 0.6 is 63.9 Å². The lowest BCUT2D eigenvalue weighted by atomic mass is 9.99. The van der Waals surface area contributed by atoms with Gasteiger partial charge in [0.05, 0.1) is 46.4 Å². The van der Waals surface area contributed by atoms with Crippen molar-refractivity contribution in [2.24, 2.45) is 63.7 Å². The summed E-state index contributed by atoms with van der Waals surface area (Å²) in [5, 5.41) is 132. The van der Waals surface area contributed by atoms with Crippen molar-refractivity contribution in [3.8, 4) is 0 Å². The first-order valence-electron chi connectivity index (χ1n) is 42.8. The quantitative estimate of drug-likeness (QED) is 0.0512. The van der Waals surface area contributed by atoms with Crippen molar-refractivity contribution in [3.63, 3.8) is 0 Å². The van der Waals surface area contributed by atoms with Gasteiger partial charge in [-0.1, -0.05) is 39.5 Å². The molecular formula is C87H146IN19O18P6. The second-order valence-corrected chi connectivity index (χ2v) is 65.7. The lowest BCUT2D eigenvalue weighted by Crippen LogP contribution is -2.44. The Morgan fingerprint density at radius 2 is 0.740 bits per heavy atom. The third-order valence-corrected chi connectivity index (χ3v) is 32.3. The van der Waals surface area contributed by atoms with Crippen LogP contribution in [-0.4, -0.2) is 428 Å². The third-order valence-electron chi connectivity index (χ3n) is 22.7. The number of hydrogen-bond acceptors (Lipinski definition) is 36. The summed E-state index contributed by atoms with van der Waals surface area (Å²) in [7, 11) is 0. The molecule has 1 aromatic rings. The zero-order valence-corrected chi connectivity index (χ0v) is 85.6. The highest BCUT2D eigenvalue weighted by Crippen LogP contribution is 2.46. The number of rotatable bonds is 24. The minimum atomic E-state index is -1.21.